The zero-order valence-corrected chi connectivity index (χ0v) is 12.2. The molecule has 5 heteroatoms. The SMILES string of the molecule is Clc1ncnc2c1N=C(c1ccccc1)c1ccccc1O2. The Morgan fingerprint density at radius 3 is 2.50 bits per heavy atom. The van der Waals surface area contributed by atoms with Gasteiger partial charge in [-0.3, -0.25) is 0 Å². The molecule has 2 aromatic carbocycles. The number of benzene rings is 2. The van der Waals surface area contributed by atoms with Crippen molar-refractivity contribution in [3.8, 4) is 11.6 Å². The lowest BCUT2D eigenvalue weighted by molar-refractivity contribution is 0.464. The van der Waals surface area contributed by atoms with E-state index in [0.717, 1.165) is 16.8 Å². The topological polar surface area (TPSA) is 47.4 Å². The number of nitrogens with zero attached hydrogens (tertiary/aromatic N) is 3. The van der Waals surface area contributed by atoms with Crippen molar-refractivity contribution < 1.29 is 4.74 Å². The molecule has 0 N–H and O–H groups in total. The smallest absolute Gasteiger partial charge is 0.250 e. The Morgan fingerprint density at radius 1 is 0.864 bits per heavy atom. The molecule has 1 aliphatic rings. The average molecular weight is 308 g/mol. The monoisotopic (exact) mass is 307 g/mol. The highest BCUT2D eigenvalue weighted by Gasteiger charge is 2.22. The summed E-state index contributed by atoms with van der Waals surface area (Å²) < 4.78 is 5.88. The molecule has 0 amide bonds. The minimum atomic E-state index is 0.270. The van der Waals surface area contributed by atoms with E-state index >= 15 is 0 Å². The fourth-order valence-electron chi connectivity index (χ4n) is 2.35. The number of fused-ring (bicyclic) bond motifs is 2. The number of aromatic nitrogens is 2. The van der Waals surface area contributed by atoms with Gasteiger partial charge < -0.3 is 4.74 Å². The van der Waals surface area contributed by atoms with E-state index in [9.17, 15) is 0 Å². The van der Waals surface area contributed by atoms with Gasteiger partial charge in [-0.2, -0.15) is 4.98 Å². The summed E-state index contributed by atoms with van der Waals surface area (Å²) in [6, 6.07) is 17.6. The molecule has 0 bridgehead atoms. The van der Waals surface area contributed by atoms with Crippen LogP contribution < -0.4 is 4.74 Å². The van der Waals surface area contributed by atoms with Crippen molar-refractivity contribution in [1.82, 2.24) is 9.97 Å². The number of rotatable bonds is 1. The first kappa shape index (κ1) is 13.0. The van der Waals surface area contributed by atoms with E-state index in [2.05, 4.69) is 15.0 Å². The van der Waals surface area contributed by atoms with Crippen LogP contribution >= 0.6 is 11.6 Å². The van der Waals surface area contributed by atoms with E-state index in [4.69, 9.17) is 16.3 Å². The van der Waals surface area contributed by atoms with Gasteiger partial charge in [0.15, 0.2) is 10.8 Å². The van der Waals surface area contributed by atoms with Gasteiger partial charge in [0, 0.05) is 11.1 Å². The van der Waals surface area contributed by atoms with Crippen LogP contribution in [0.5, 0.6) is 11.6 Å². The fourth-order valence-corrected chi connectivity index (χ4v) is 2.52. The molecule has 0 unspecified atom stereocenters. The van der Waals surface area contributed by atoms with Gasteiger partial charge in [0.2, 0.25) is 5.88 Å². The summed E-state index contributed by atoms with van der Waals surface area (Å²) in [6.07, 6.45) is 1.37. The first-order valence-electron chi connectivity index (χ1n) is 6.75. The third kappa shape index (κ3) is 2.14. The van der Waals surface area contributed by atoms with Crippen molar-refractivity contribution in [2.45, 2.75) is 0 Å². The Kier molecular flexibility index (Phi) is 3.09. The number of aliphatic imine (C=N–C) groups is 1. The van der Waals surface area contributed by atoms with Crippen molar-refractivity contribution in [2.75, 3.05) is 0 Å². The van der Waals surface area contributed by atoms with Gasteiger partial charge in [0.1, 0.15) is 12.1 Å². The first-order chi connectivity index (χ1) is 10.8. The second-order valence-corrected chi connectivity index (χ2v) is 5.10. The Balaban J connectivity index is 2.03. The van der Waals surface area contributed by atoms with Crippen molar-refractivity contribution >= 4 is 23.0 Å². The number of ether oxygens (including phenoxy) is 1. The van der Waals surface area contributed by atoms with Crippen LogP contribution in [0.3, 0.4) is 0 Å². The molecule has 3 aromatic rings. The van der Waals surface area contributed by atoms with Gasteiger partial charge in [0.05, 0.1) is 5.71 Å². The van der Waals surface area contributed by atoms with Crippen molar-refractivity contribution in [2.24, 2.45) is 4.99 Å². The quantitative estimate of drug-likeness (QED) is 0.489. The summed E-state index contributed by atoms with van der Waals surface area (Å²) in [5.41, 5.74) is 3.10. The highest BCUT2D eigenvalue weighted by atomic mass is 35.5. The summed E-state index contributed by atoms with van der Waals surface area (Å²) in [6.45, 7) is 0. The zero-order chi connectivity index (χ0) is 14.9. The van der Waals surface area contributed by atoms with E-state index in [1.165, 1.54) is 6.33 Å². The van der Waals surface area contributed by atoms with Gasteiger partial charge in [0.25, 0.3) is 0 Å². The molecule has 0 radical (unpaired) electrons. The third-order valence-corrected chi connectivity index (χ3v) is 3.64. The minimum Gasteiger partial charge on any atom is -0.436 e. The fraction of sp³-hybridized carbons (Fsp3) is 0. The lowest BCUT2D eigenvalue weighted by atomic mass is 10.0. The van der Waals surface area contributed by atoms with Crippen molar-refractivity contribution in [3.05, 3.63) is 77.2 Å². The van der Waals surface area contributed by atoms with Gasteiger partial charge in [-0.15, -0.1) is 0 Å². The van der Waals surface area contributed by atoms with Crippen LogP contribution in [0.4, 0.5) is 5.69 Å². The minimum absolute atomic E-state index is 0.270. The lowest BCUT2D eigenvalue weighted by Gasteiger charge is -2.08. The summed E-state index contributed by atoms with van der Waals surface area (Å²) in [5.74, 6) is 1.05. The van der Waals surface area contributed by atoms with E-state index < -0.39 is 0 Å². The molecule has 4 nitrogen and oxygen atoms in total. The maximum atomic E-state index is 6.17. The summed E-state index contributed by atoms with van der Waals surface area (Å²) >= 11 is 6.17. The van der Waals surface area contributed by atoms with Crippen LogP contribution in [0.15, 0.2) is 65.9 Å². The molecule has 0 fully saturated rings. The molecule has 1 aromatic heterocycles. The number of halogens is 1. The van der Waals surface area contributed by atoms with Crippen molar-refractivity contribution in [3.63, 3.8) is 0 Å². The highest BCUT2D eigenvalue weighted by molar-refractivity contribution is 6.32. The largest absolute Gasteiger partial charge is 0.436 e. The summed E-state index contributed by atoms with van der Waals surface area (Å²) in [7, 11) is 0. The third-order valence-electron chi connectivity index (χ3n) is 3.36. The van der Waals surface area contributed by atoms with Crippen LogP contribution in [-0.2, 0) is 0 Å². The van der Waals surface area contributed by atoms with E-state index in [1.54, 1.807) is 0 Å². The molecule has 106 valence electrons. The normalized spacial score (nSPS) is 12.5. The van der Waals surface area contributed by atoms with Gasteiger partial charge in [-0.25, -0.2) is 9.98 Å². The molecular formula is C17H10ClN3O. The van der Waals surface area contributed by atoms with Crippen LogP contribution in [0.1, 0.15) is 11.1 Å². The van der Waals surface area contributed by atoms with E-state index in [0.29, 0.717) is 17.3 Å². The van der Waals surface area contributed by atoms with Gasteiger partial charge in [-0.05, 0) is 12.1 Å². The Labute approximate surface area is 132 Å². The molecule has 0 saturated heterocycles. The highest BCUT2D eigenvalue weighted by Crippen LogP contribution is 2.40. The molecule has 0 spiro atoms. The number of para-hydroxylation sites is 1. The molecule has 4 rings (SSSR count). The summed E-state index contributed by atoms with van der Waals surface area (Å²) in [4.78, 5) is 12.8. The van der Waals surface area contributed by atoms with Gasteiger partial charge in [-0.1, -0.05) is 54.1 Å². The number of hydrogen-bond acceptors (Lipinski definition) is 4. The standard InChI is InChI=1S/C17H10ClN3O/c18-16-15-17(20-10-19-16)22-13-9-5-4-8-12(13)14(21-15)11-6-2-1-3-7-11/h1-10H. The van der Waals surface area contributed by atoms with Crippen LogP contribution in [0, 0.1) is 0 Å². The second-order valence-electron chi connectivity index (χ2n) is 4.74. The van der Waals surface area contributed by atoms with Crippen LogP contribution in [-0.4, -0.2) is 15.7 Å². The molecule has 2 heterocycles. The molecule has 22 heavy (non-hydrogen) atoms. The second kappa shape index (κ2) is 5.24. The Bertz CT molecular complexity index is 878. The molecule has 0 aliphatic carbocycles. The lowest BCUT2D eigenvalue weighted by Crippen LogP contribution is -2.03. The average Bonchev–Trinajstić information content (AvgIpc) is 2.73. The Morgan fingerprint density at radius 2 is 1.64 bits per heavy atom. The number of hydrogen-bond donors (Lipinski definition) is 0. The van der Waals surface area contributed by atoms with Crippen LogP contribution in [0.25, 0.3) is 0 Å². The predicted octanol–water partition coefficient (Wildman–Crippen LogP) is 4.40. The summed E-state index contributed by atoms with van der Waals surface area (Å²) in [5, 5.41) is 0.270. The molecular weight excluding hydrogens is 298 g/mol. The predicted molar refractivity (Wildman–Crippen MR) is 85.3 cm³/mol. The van der Waals surface area contributed by atoms with E-state index in [1.807, 2.05) is 54.6 Å². The maximum Gasteiger partial charge on any atom is 0.250 e. The zero-order valence-electron chi connectivity index (χ0n) is 11.4. The van der Waals surface area contributed by atoms with Crippen molar-refractivity contribution in [1.29, 1.82) is 0 Å². The maximum absolute atomic E-state index is 6.17. The molecule has 0 saturated carbocycles. The Hall–Kier alpha value is -2.72. The first-order valence-corrected chi connectivity index (χ1v) is 7.12. The van der Waals surface area contributed by atoms with E-state index in [-0.39, 0.29) is 5.15 Å². The molecule has 0 atom stereocenters. The van der Waals surface area contributed by atoms with Gasteiger partial charge >= 0.3 is 0 Å². The van der Waals surface area contributed by atoms with Crippen LogP contribution in [0.2, 0.25) is 5.15 Å². The molecule has 1 aliphatic heterocycles.